The molecule has 1 saturated carbocycles. The van der Waals surface area contributed by atoms with Crippen LogP contribution in [0.25, 0.3) is 0 Å². The monoisotopic (exact) mass is 397 g/mol. The fourth-order valence-electron chi connectivity index (χ4n) is 5.97. The maximum atomic E-state index is 13.1. The first-order valence-corrected chi connectivity index (χ1v) is 11.4. The normalized spacial score (nSPS) is 47.9. The number of carbonyl (C=O) groups is 1. The Kier molecular flexibility index (Phi) is 6.04. The predicted octanol–water partition coefficient (Wildman–Crippen LogP) is 2.23. The van der Waals surface area contributed by atoms with Gasteiger partial charge in [0.2, 0.25) is 5.91 Å². The van der Waals surface area contributed by atoms with E-state index in [4.69, 9.17) is 16.3 Å². The van der Waals surface area contributed by atoms with Crippen LogP contribution in [0.15, 0.2) is 0 Å². The minimum atomic E-state index is 0.0251. The molecular weight excluding hydrogens is 362 g/mol. The number of piperidine rings is 1. The summed E-state index contributed by atoms with van der Waals surface area (Å²) >= 11 is 6.64. The first-order chi connectivity index (χ1) is 12.9. The molecule has 0 radical (unpaired) electrons. The number of likely N-dealkylation sites (tertiary alicyclic amines) is 1. The minimum absolute atomic E-state index is 0.0251. The number of amides is 1. The summed E-state index contributed by atoms with van der Waals surface area (Å²) in [7, 11) is 0. The van der Waals surface area contributed by atoms with Gasteiger partial charge in [0.05, 0.1) is 12.7 Å². The number of alkyl halides is 1. The molecule has 2 N–H and O–H groups in total. The van der Waals surface area contributed by atoms with Crippen LogP contribution >= 0.6 is 11.6 Å². The Balaban J connectivity index is 1.35. The van der Waals surface area contributed by atoms with Crippen molar-refractivity contribution in [1.82, 2.24) is 15.5 Å². The van der Waals surface area contributed by atoms with Crippen molar-refractivity contribution < 1.29 is 9.53 Å². The van der Waals surface area contributed by atoms with Crippen molar-refractivity contribution in [3.05, 3.63) is 0 Å². The smallest absolute Gasteiger partial charge is 0.223 e. The van der Waals surface area contributed by atoms with E-state index in [1.165, 1.54) is 6.42 Å². The van der Waals surface area contributed by atoms with Gasteiger partial charge in [-0.05, 0) is 50.4 Å². The van der Waals surface area contributed by atoms with Crippen LogP contribution in [0.5, 0.6) is 0 Å². The number of ether oxygens (including phenoxy) is 1. The van der Waals surface area contributed by atoms with Gasteiger partial charge in [-0.1, -0.05) is 13.8 Å². The Morgan fingerprint density at radius 3 is 2.70 bits per heavy atom. The van der Waals surface area contributed by atoms with Crippen LogP contribution in [0.3, 0.4) is 0 Å². The highest BCUT2D eigenvalue weighted by Crippen LogP contribution is 2.40. The van der Waals surface area contributed by atoms with E-state index < -0.39 is 0 Å². The van der Waals surface area contributed by atoms with Gasteiger partial charge < -0.3 is 15.4 Å². The molecule has 0 aromatic carbocycles. The topological polar surface area (TPSA) is 53.6 Å². The van der Waals surface area contributed by atoms with Crippen molar-refractivity contribution in [3.8, 4) is 0 Å². The van der Waals surface area contributed by atoms with Gasteiger partial charge in [0, 0.05) is 49.1 Å². The highest BCUT2D eigenvalue weighted by molar-refractivity contribution is 6.20. The van der Waals surface area contributed by atoms with Gasteiger partial charge in [0.1, 0.15) is 0 Å². The molecule has 1 aliphatic carbocycles. The molecule has 4 rings (SSSR count). The zero-order valence-electron chi connectivity index (χ0n) is 17.0. The third-order valence-electron chi connectivity index (χ3n) is 7.75. The molecule has 1 amide bonds. The third kappa shape index (κ3) is 4.17. The second-order valence-corrected chi connectivity index (χ2v) is 10.3. The lowest BCUT2D eigenvalue weighted by Crippen LogP contribution is -2.55. The number of hydrogen-bond acceptors (Lipinski definition) is 4. The zero-order valence-corrected chi connectivity index (χ0v) is 17.8. The van der Waals surface area contributed by atoms with Gasteiger partial charge in [0.25, 0.3) is 0 Å². The quantitative estimate of drug-likeness (QED) is 0.714. The SMILES string of the molecule is CC1CC(C)C(CNC(=O)C2CC(Cl)CC(N3C[C@H]4C[C@@H]3CO4)C2C)CN1. The summed E-state index contributed by atoms with van der Waals surface area (Å²) in [6.45, 7) is 10.5. The number of fused-ring (bicyclic) bond motifs is 2. The van der Waals surface area contributed by atoms with Gasteiger partial charge >= 0.3 is 0 Å². The average Bonchev–Trinajstić information content (AvgIpc) is 3.25. The molecule has 3 heterocycles. The summed E-state index contributed by atoms with van der Waals surface area (Å²) in [6, 6.07) is 1.53. The fourth-order valence-corrected chi connectivity index (χ4v) is 6.35. The molecule has 2 bridgehead atoms. The van der Waals surface area contributed by atoms with E-state index in [-0.39, 0.29) is 17.2 Å². The van der Waals surface area contributed by atoms with Crippen molar-refractivity contribution in [2.45, 2.75) is 76.1 Å². The van der Waals surface area contributed by atoms with Gasteiger partial charge in [-0.2, -0.15) is 0 Å². The minimum Gasteiger partial charge on any atom is -0.375 e. The maximum absolute atomic E-state index is 13.1. The van der Waals surface area contributed by atoms with E-state index in [0.29, 0.717) is 42.0 Å². The molecule has 9 atom stereocenters. The third-order valence-corrected chi connectivity index (χ3v) is 8.11. The summed E-state index contributed by atoms with van der Waals surface area (Å²) in [5, 5.41) is 6.93. The lowest BCUT2D eigenvalue weighted by atomic mass is 9.75. The molecule has 6 heteroatoms. The van der Waals surface area contributed by atoms with E-state index in [2.05, 4.69) is 36.3 Å². The van der Waals surface area contributed by atoms with Crippen molar-refractivity contribution >= 4 is 17.5 Å². The molecule has 4 aliphatic rings. The number of hydrogen-bond donors (Lipinski definition) is 2. The Morgan fingerprint density at radius 1 is 1.22 bits per heavy atom. The molecule has 5 nitrogen and oxygen atoms in total. The van der Waals surface area contributed by atoms with Crippen LogP contribution in [-0.4, -0.2) is 66.7 Å². The Bertz CT molecular complexity index is 548. The number of nitrogens with zero attached hydrogens (tertiary/aromatic N) is 1. The van der Waals surface area contributed by atoms with Crippen molar-refractivity contribution in [1.29, 1.82) is 0 Å². The molecule has 154 valence electrons. The largest absolute Gasteiger partial charge is 0.375 e. The lowest BCUT2D eigenvalue weighted by molar-refractivity contribution is -0.129. The maximum Gasteiger partial charge on any atom is 0.223 e. The second kappa shape index (κ2) is 8.17. The van der Waals surface area contributed by atoms with Crippen molar-refractivity contribution in [3.63, 3.8) is 0 Å². The highest BCUT2D eigenvalue weighted by Gasteiger charge is 2.48. The standard InChI is InChI=1S/C21H36ClN3O2/c1-12-4-13(2)23-8-15(12)9-24-21(26)19-5-16(22)6-20(14(19)3)25-10-18-7-17(25)11-27-18/h12-20,23H,4-11H2,1-3H3,(H,24,26)/t12?,13?,14?,15?,16?,17-,18-,19?,20?/m1/s1. The van der Waals surface area contributed by atoms with Crippen molar-refractivity contribution in [2.75, 3.05) is 26.2 Å². The van der Waals surface area contributed by atoms with E-state index >= 15 is 0 Å². The first kappa shape index (κ1) is 19.9. The Morgan fingerprint density at radius 2 is 2.04 bits per heavy atom. The van der Waals surface area contributed by atoms with Crippen molar-refractivity contribution in [2.24, 2.45) is 23.7 Å². The number of carbonyl (C=O) groups excluding carboxylic acids is 1. The molecular formula is C21H36ClN3O2. The molecule has 27 heavy (non-hydrogen) atoms. The molecule has 3 aliphatic heterocycles. The van der Waals surface area contributed by atoms with E-state index in [9.17, 15) is 4.79 Å². The van der Waals surface area contributed by atoms with Gasteiger partial charge in [-0.15, -0.1) is 11.6 Å². The number of rotatable bonds is 4. The molecule has 7 unspecified atom stereocenters. The van der Waals surface area contributed by atoms with Gasteiger partial charge in [0.15, 0.2) is 0 Å². The molecule has 0 aromatic rings. The Hall–Kier alpha value is -0.360. The van der Waals surface area contributed by atoms with Crippen LogP contribution in [0, 0.1) is 23.7 Å². The zero-order chi connectivity index (χ0) is 19.1. The fraction of sp³-hybridized carbons (Fsp3) is 0.952. The van der Waals surface area contributed by atoms with Crippen LogP contribution < -0.4 is 10.6 Å². The molecule has 0 spiro atoms. The van der Waals surface area contributed by atoms with E-state index in [1.807, 2.05) is 0 Å². The van der Waals surface area contributed by atoms with Crippen LogP contribution in [0.1, 0.15) is 46.5 Å². The summed E-state index contributed by atoms with van der Waals surface area (Å²) in [5.41, 5.74) is 0. The van der Waals surface area contributed by atoms with Crippen LogP contribution in [0.4, 0.5) is 0 Å². The van der Waals surface area contributed by atoms with Crippen LogP contribution in [-0.2, 0) is 9.53 Å². The van der Waals surface area contributed by atoms with Gasteiger partial charge in [-0.25, -0.2) is 0 Å². The summed E-state index contributed by atoms with van der Waals surface area (Å²) in [5.74, 6) is 1.76. The molecule has 3 saturated heterocycles. The van der Waals surface area contributed by atoms with E-state index in [1.54, 1.807) is 0 Å². The van der Waals surface area contributed by atoms with Crippen LogP contribution in [0.2, 0.25) is 0 Å². The summed E-state index contributed by atoms with van der Waals surface area (Å²) < 4.78 is 5.77. The first-order valence-electron chi connectivity index (χ1n) is 10.9. The Labute approximate surface area is 168 Å². The summed E-state index contributed by atoms with van der Waals surface area (Å²) in [6.07, 6.45) is 4.54. The molecule has 4 fully saturated rings. The predicted molar refractivity (Wildman–Crippen MR) is 108 cm³/mol. The average molecular weight is 398 g/mol. The summed E-state index contributed by atoms with van der Waals surface area (Å²) in [4.78, 5) is 15.7. The second-order valence-electron chi connectivity index (χ2n) is 9.67. The number of nitrogens with one attached hydrogen (secondary N) is 2. The number of morpholine rings is 1. The number of halogens is 1. The molecule has 0 aromatic heterocycles. The van der Waals surface area contributed by atoms with Gasteiger partial charge in [-0.3, -0.25) is 9.69 Å². The van der Waals surface area contributed by atoms with E-state index in [0.717, 1.165) is 45.5 Å². The lowest BCUT2D eigenvalue weighted by Gasteiger charge is -2.45. The highest BCUT2D eigenvalue weighted by atomic mass is 35.5.